The highest BCUT2D eigenvalue weighted by Crippen LogP contribution is 2.10. The second-order valence-electron chi connectivity index (χ2n) is 9.11. The maximum Gasteiger partial charge on any atom is 0.408 e. The van der Waals surface area contributed by atoms with E-state index >= 15 is 0 Å². The van der Waals surface area contributed by atoms with Crippen LogP contribution in [0.2, 0.25) is 0 Å². The number of carbonyl (C=O) groups is 4. The number of nitrogens with one attached hydrogen (secondary N) is 2. The Morgan fingerprint density at radius 2 is 0.786 bits per heavy atom. The molecule has 0 aliphatic rings. The molecule has 0 bridgehead atoms. The number of amides is 2. The van der Waals surface area contributed by atoms with Gasteiger partial charge in [0, 0.05) is 0 Å². The van der Waals surface area contributed by atoms with Gasteiger partial charge in [0.25, 0.3) is 0 Å². The summed E-state index contributed by atoms with van der Waals surface area (Å²) in [6.45, 7) is 15.8. The van der Waals surface area contributed by atoms with Crippen LogP contribution in [0.25, 0.3) is 0 Å². The summed E-state index contributed by atoms with van der Waals surface area (Å²) in [6.07, 6.45) is -1.46. The fourth-order valence-electron chi connectivity index (χ4n) is 1.22. The summed E-state index contributed by atoms with van der Waals surface area (Å²) in [4.78, 5) is 43.7. The van der Waals surface area contributed by atoms with E-state index in [0.717, 1.165) is 0 Å². The normalized spacial score (nSPS) is 12.1. The third-order valence-electron chi connectivity index (χ3n) is 2.70. The Hall–Kier alpha value is -2.52. The van der Waals surface area contributed by atoms with E-state index in [4.69, 9.17) is 19.7 Å². The van der Waals surface area contributed by atoms with E-state index in [2.05, 4.69) is 10.6 Å². The third-order valence-corrected chi connectivity index (χ3v) is 2.70. The van der Waals surface area contributed by atoms with Crippen LogP contribution < -0.4 is 10.6 Å². The second-order valence-corrected chi connectivity index (χ2v) is 9.11. The van der Waals surface area contributed by atoms with E-state index < -0.39 is 46.4 Å². The molecule has 0 aromatic rings. The molecule has 10 nitrogen and oxygen atoms in total. The number of alkyl carbamates (subject to hydrolysis) is 2. The SMILES string of the molecule is CC(C)(C)OC(=O)NC(C)(C)C(=O)O.CC(C)(C)OC(=O)NC(C)(C)C(=O)O. The molecule has 0 radical (unpaired) electrons. The molecular weight excluding hydrogens is 372 g/mol. The molecule has 0 saturated carbocycles. The van der Waals surface area contributed by atoms with Gasteiger partial charge in [-0.1, -0.05) is 0 Å². The number of ether oxygens (including phenoxy) is 2. The Kier molecular flexibility index (Phi) is 9.50. The largest absolute Gasteiger partial charge is 0.480 e. The first-order chi connectivity index (χ1) is 12.1. The molecule has 0 saturated heterocycles. The standard InChI is InChI=1S/2C9H17NO4/c2*1-8(2,3)14-7(13)10-9(4,5)6(11)12/h2*1-5H3,(H,10,13)(H,11,12). The number of aliphatic carboxylic acids is 2. The van der Waals surface area contributed by atoms with Crippen molar-refractivity contribution in [3.05, 3.63) is 0 Å². The van der Waals surface area contributed by atoms with Crippen LogP contribution in [0.3, 0.4) is 0 Å². The van der Waals surface area contributed by atoms with Crippen molar-refractivity contribution in [3.63, 3.8) is 0 Å². The van der Waals surface area contributed by atoms with Crippen molar-refractivity contribution in [2.24, 2.45) is 0 Å². The van der Waals surface area contributed by atoms with Gasteiger partial charge in [-0.15, -0.1) is 0 Å². The van der Waals surface area contributed by atoms with E-state index in [9.17, 15) is 19.2 Å². The van der Waals surface area contributed by atoms with Gasteiger partial charge in [-0.3, -0.25) is 0 Å². The summed E-state index contributed by atoms with van der Waals surface area (Å²) in [5.41, 5.74) is -3.89. The first-order valence-electron chi connectivity index (χ1n) is 8.58. The molecule has 0 unspecified atom stereocenters. The summed E-state index contributed by atoms with van der Waals surface area (Å²) >= 11 is 0. The zero-order valence-corrected chi connectivity index (χ0v) is 18.3. The number of hydrogen-bond acceptors (Lipinski definition) is 6. The lowest BCUT2D eigenvalue weighted by atomic mass is 10.1. The topological polar surface area (TPSA) is 151 Å². The van der Waals surface area contributed by atoms with Crippen LogP contribution in [0.4, 0.5) is 9.59 Å². The van der Waals surface area contributed by atoms with Crippen LogP contribution in [0.1, 0.15) is 69.2 Å². The van der Waals surface area contributed by atoms with Crippen LogP contribution in [0.15, 0.2) is 0 Å². The molecule has 0 fully saturated rings. The molecule has 0 aliphatic carbocycles. The molecule has 10 heteroatoms. The maximum atomic E-state index is 11.2. The van der Waals surface area contributed by atoms with Crippen molar-refractivity contribution < 1.29 is 38.9 Å². The number of rotatable bonds is 4. The summed E-state index contributed by atoms with van der Waals surface area (Å²) in [5.74, 6) is -2.22. The van der Waals surface area contributed by atoms with E-state index in [1.54, 1.807) is 41.5 Å². The Morgan fingerprint density at radius 3 is 0.929 bits per heavy atom. The highest BCUT2D eigenvalue weighted by molar-refractivity contribution is 5.84. The predicted octanol–water partition coefficient (Wildman–Crippen LogP) is 2.75. The molecule has 0 aromatic heterocycles. The third kappa shape index (κ3) is 13.7. The highest BCUT2D eigenvalue weighted by atomic mass is 16.6. The lowest BCUT2D eigenvalue weighted by Gasteiger charge is -2.25. The lowest BCUT2D eigenvalue weighted by Crippen LogP contribution is -2.51. The Labute approximate surface area is 166 Å². The molecule has 0 heterocycles. The van der Waals surface area contributed by atoms with E-state index in [1.165, 1.54) is 27.7 Å². The van der Waals surface area contributed by atoms with Crippen LogP contribution in [0.5, 0.6) is 0 Å². The number of carboxylic acid groups (broad SMARTS) is 2. The van der Waals surface area contributed by atoms with Crippen LogP contribution in [-0.4, -0.2) is 56.6 Å². The van der Waals surface area contributed by atoms with E-state index in [-0.39, 0.29) is 0 Å². The second kappa shape index (κ2) is 9.61. The quantitative estimate of drug-likeness (QED) is 0.556. The van der Waals surface area contributed by atoms with Gasteiger partial charge in [0.2, 0.25) is 0 Å². The van der Waals surface area contributed by atoms with E-state index in [1.807, 2.05) is 0 Å². The average Bonchev–Trinajstić information content (AvgIpc) is 2.32. The molecule has 2 amide bonds. The van der Waals surface area contributed by atoms with Gasteiger partial charge in [-0.2, -0.15) is 0 Å². The van der Waals surface area contributed by atoms with Gasteiger partial charge in [-0.05, 0) is 69.2 Å². The van der Waals surface area contributed by atoms with E-state index in [0.29, 0.717) is 0 Å². The van der Waals surface area contributed by atoms with Crippen molar-refractivity contribution in [1.29, 1.82) is 0 Å². The molecule has 4 N–H and O–H groups in total. The van der Waals surface area contributed by atoms with Crippen LogP contribution in [-0.2, 0) is 19.1 Å². The van der Waals surface area contributed by atoms with Crippen molar-refractivity contribution in [2.75, 3.05) is 0 Å². The number of carbonyl (C=O) groups excluding carboxylic acids is 2. The van der Waals surface area contributed by atoms with Crippen molar-refractivity contribution in [1.82, 2.24) is 10.6 Å². The van der Waals surface area contributed by atoms with Gasteiger partial charge in [-0.25, -0.2) is 19.2 Å². The number of carboxylic acids is 2. The van der Waals surface area contributed by atoms with Gasteiger partial charge in [0.1, 0.15) is 22.3 Å². The molecule has 0 spiro atoms. The summed E-state index contributed by atoms with van der Waals surface area (Å²) < 4.78 is 9.82. The van der Waals surface area contributed by atoms with Crippen LogP contribution in [0, 0.1) is 0 Å². The smallest absolute Gasteiger partial charge is 0.408 e. The molecule has 0 atom stereocenters. The van der Waals surface area contributed by atoms with Crippen molar-refractivity contribution in [2.45, 2.75) is 91.5 Å². The minimum atomic E-state index is -1.32. The molecule has 0 rings (SSSR count). The Balaban J connectivity index is 0. The van der Waals surface area contributed by atoms with Gasteiger partial charge >= 0.3 is 24.1 Å². The summed E-state index contributed by atoms with van der Waals surface area (Å²) in [5, 5.41) is 21.9. The minimum Gasteiger partial charge on any atom is -0.480 e. The molecule has 164 valence electrons. The molecule has 0 aromatic carbocycles. The minimum absolute atomic E-state index is 0.626. The summed E-state index contributed by atoms with van der Waals surface area (Å²) in [6, 6.07) is 0. The first kappa shape index (κ1) is 27.7. The van der Waals surface area contributed by atoms with Gasteiger partial charge in [0.15, 0.2) is 0 Å². The summed E-state index contributed by atoms with van der Waals surface area (Å²) in [7, 11) is 0. The van der Waals surface area contributed by atoms with Crippen molar-refractivity contribution >= 4 is 24.1 Å². The predicted molar refractivity (Wildman–Crippen MR) is 102 cm³/mol. The highest BCUT2D eigenvalue weighted by Gasteiger charge is 2.32. The molecule has 0 aliphatic heterocycles. The zero-order valence-electron chi connectivity index (χ0n) is 18.3. The Morgan fingerprint density at radius 1 is 0.571 bits per heavy atom. The zero-order chi connectivity index (χ0) is 23.1. The lowest BCUT2D eigenvalue weighted by molar-refractivity contribution is -0.144. The van der Waals surface area contributed by atoms with Gasteiger partial charge in [0.05, 0.1) is 0 Å². The fourth-order valence-corrected chi connectivity index (χ4v) is 1.22. The Bertz CT molecular complexity index is 531. The monoisotopic (exact) mass is 406 g/mol. The van der Waals surface area contributed by atoms with Crippen LogP contribution >= 0.6 is 0 Å². The fraction of sp³-hybridized carbons (Fsp3) is 0.778. The first-order valence-corrected chi connectivity index (χ1v) is 8.58. The maximum absolute atomic E-state index is 11.2. The molecular formula is C18H34N2O8. The van der Waals surface area contributed by atoms with Crippen molar-refractivity contribution in [3.8, 4) is 0 Å². The average molecular weight is 406 g/mol. The molecule has 28 heavy (non-hydrogen) atoms. The number of hydrogen-bond donors (Lipinski definition) is 4. The van der Waals surface area contributed by atoms with Gasteiger partial charge < -0.3 is 30.3 Å².